The normalized spacial score (nSPS) is 17.9. The van der Waals surface area contributed by atoms with Gasteiger partial charge >= 0.3 is 0 Å². The lowest BCUT2D eigenvalue weighted by Gasteiger charge is -2.29. The van der Waals surface area contributed by atoms with Gasteiger partial charge < -0.3 is 14.8 Å². The van der Waals surface area contributed by atoms with Crippen molar-refractivity contribution in [1.29, 1.82) is 0 Å². The summed E-state index contributed by atoms with van der Waals surface area (Å²) in [6, 6.07) is 4.57. The Balaban J connectivity index is 1.27. The van der Waals surface area contributed by atoms with Gasteiger partial charge in [0, 0.05) is 12.2 Å². The number of likely N-dealkylation sites (tertiary alicyclic amines) is 1. The van der Waals surface area contributed by atoms with Gasteiger partial charge in [0.1, 0.15) is 27.7 Å². The number of rotatable bonds is 5. The van der Waals surface area contributed by atoms with Crippen molar-refractivity contribution in [2.75, 3.05) is 25.5 Å². The minimum atomic E-state index is -0.428. The number of imidazole rings is 1. The fourth-order valence-corrected chi connectivity index (χ4v) is 7.09. The number of aromatic nitrogens is 5. The number of halogens is 1. The lowest BCUT2D eigenvalue weighted by Crippen LogP contribution is -2.29. The Labute approximate surface area is 214 Å². The molecule has 36 heavy (non-hydrogen) atoms. The van der Waals surface area contributed by atoms with Gasteiger partial charge in [-0.1, -0.05) is 18.9 Å². The molecule has 1 saturated carbocycles. The number of nitrogens with one attached hydrogen (secondary N) is 1. The van der Waals surface area contributed by atoms with Gasteiger partial charge in [-0.15, -0.1) is 11.3 Å². The van der Waals surface area contributed by atoms with Crippen molar-refractivity contribution in [3.8, 4) is 10.6 Å². The zero-order valence-corrected chi connectivity index (χ0v) is 21.9. The fraction of sp³-hybridized carbons (Fsp3) is 0.481. The highest BCUT2D eigenvalue weighted by atomic mass is 32.1. The summed E-state index contributed by atoms with van der Waals surface area (Å²) in [7, 11) is 2.17. The second kappa shape index (κ2) is 9.52. The molecule has 1 aliphatic carbocycles. The summed E-state index contributed by atoms with van der Waals surface area (Å²) in [5.74, 6) is 2.16. The molecule has 7 nitrogen and oxygen atoms in total. The topological polar surface area (TPSA) is 71.8 Å². The van der Waals surface area contributed by atoms with Crippen LogP contribution in [0.25, 0.3) is 20.9 Å². The van der Waals surface area contributed by atoms with Crippen LogP contribution >= 0.6 is 11.3 Å². The van der Waals surface area contributed by atoms with Crippen molar-refractivity contribution < 1.29 is 4.39 Å². The number of aryl methyl sites for hydroxylation is 2. The summed E-state index contributed by atoms with van der Waals surface area (Å²) in [4.78, 5) is 22.5. The third-order valence-corrected chi connectivity index (χ3v) is 9.09. The largest absolute Gasteiger partial charge is 0.317 e. The summed E-state index contributed by atoms with van der Waals surface area (Å²) < 4.78 is 17.3. The highest BCUT2D eigenvalue weighted by Crippen LogP contribution is 2.42. The van der Waals surface area contributed by atoms with Crippen molar-refractivity contribution in [3.05, 3.63) is 47.3 Å². The van der Waals surface area contributed by atoms with Crippen LogP contribution in [0.15, 0.2) is 24.5 Å². The van der Waals surface area contributed by atoms with Gasteiger partial charge in [0.15, 0.2) is 5.82 Å². The first kappa shape index (κ1) is 23.5. The highest BCUT2D eigenvalue weighted by molar-refractivity contribution is 7.22. The number of anilines is 2. The Hall–Kier alpha value is -2.91. The van der Waals surface area contributed by atoms with Crippen LogP contribution in [0.5, 0.6) is 0 Å². The molecule has 9 heteroatoms. The highest BCUT2D eigenvalue weighted by Gasteiger charge is 2.26. The number of hydrogen-bond donors (Lipinski definition) is 1. The molecule has 6 rings (SSSR count). The standard InChI is InChI=1S/C27H32FN7S/c1-16-23-26(35(17(2)31-23)20-6-4-5-7-20)36-25(16)24-21(28)15-30-27(33-24)32-22-9-8-19(14-29-22)18-10-12-34(3)13-11-18/h8-9,14-15,18,20H,4-7,10-13H2,1-3H3,(H,29,30,32,33). The summed E-state index contributed by atoms with van der Waals surface area (Å²) >= 11 is 1.58. The van der Waals surface area contributed by atoms with Crippen molar-refractivity contribution in [3.63, 3.8) is 0 Å². The number of nitrogens with zero attached hydrogens (tertiary/aromatic N) is 6. The maximum Gasteiger partial charge on any atom is 0.229 e. The molecule has 0 bridgehead atoms. The minimum absolute atomic E-state index is 0.312. The van der Waals surface area contributed by atoms with E-state index in [2.05, 4.69) is 49.8 Å². The summed E-state index contributed by atoms with van der Waals surface area (Å²) in [5.41, 5.74) is 3.50. The van der Waals surface area contributed by atoms with E-state index in [9.17, 15) is 4.39 Å². The molecule has 5 heterocycles. The average molecular weight is 506 g/mol. The molecule has 1 N–H and O–H groups in total. The van der Waals surface area contributed by atoms with Crippen LogP contribution in [0, 0.1) is 19.7 Å². The molecule has 0 unspecified atom stereocenters. The Bertz CT molecular complexity index is 1380. The van der Waals surface area contributed by atoms with Crippen LogP contribution in [0.2, 0.25) is 0 Å². The average Bonchev–Trinajstić information content (AvgIpc) is 3.59. The van der Waals surface area contributed by atoms with E-state index in [0.717, 1.165) is 52.5 Å². The van der Waals surface area contributed by atoms with Crippen LogP contribution in [0.3, 0.4) is 0 Å². The molecule has 4 aromatic heterocycles. The first-order chi connectivity index (χ1) is 17.5. The molecular formula is C27H32FN7S. The number of pyridine rings is 1. The van der Waals surface area contributed by atoms with Crippen molar-refractivity contribution >= 4 is 33.5 Å². The van der Waals surface area contributed by atoms with E-state index in [-0.39, 0.29) is 0 Å². The summed E-state index contributed by atoms with van der Waals surface area (Å²) in [5, 5.41) is 3.17. The Morgan fingerprint density at radius 3 is 2.50 bits per heavy atom. The minimum Gasteiger partial charge on any atom is -0.317 e. The molecule has 0 amide bonds. The van der Waals surface area contributed by atoms with Crippen molar-refractivity contribution in [1.82, 2.24) is 29.4 Å². The van der Waals surface area contributed by atoms with Gasteiger partial charge in [0.25, 0.3) is 0 Å². The van der Waals surface area contributed by atoms with Gasteiger partial charge in [-0.2, -0.15) is 0 Å². The molecule has 0 atom stereocenters. The SMILES string of the molecule is Cc1c(-c2nc(Nc3ccc(C4CCN(C)CC4)cn3)ncc2F)sc2c1nc(C)n2C1CCCC1. The van der Waals surface area contributed by atoms with Crippen LogP contribution in [0.4, 0.5) is 16.2 Å². The summed E-state index contributed by atoms with van der Waals surface area (Å²) in [6.07, 6.45) is 10.4. The zero-order chi connectivity index (χ0) is 24.8. The second-order valence-electron chi connectivity index (χ2n) is 10.2. The van der Waals surface area contributed by atoms with Gasteiger partial charge in [0.2, 0.25) is 5.95 Å². The van der Waals surface area contributed by atoms with E-state index >= 15 is 0 Å². The predicted molar refractivity (Wildman–Crippen MR) is 143 cm³/mol. The van der Waals surface area contributed by atoms with Gasteiger partial charge in [-0.05, 0) is 82.8 Å². The van der Waals surface area contributed by atoms with E-state index in [4.69, 9.17) is 4.98 Å². The maximum atomic E-state index is 15.0. The van der Waals surface area contributed by atoms with E-state index in [0.29, 0.717) is 29.4 Å². The van der Waals surface area contributed by atoms with Crippen molar-refractivity contribution in [2.45, 2.75) is 64.3 Å². The Morgan fingerprint density at radius 1 is 1.00 bits per heavy atom. The molecule has 188 valence electrons. The molecule has 1 saturated heterocycles. The molecule has 2 aliphatic rings. The van der Waals surface area contributed by atoms with Crippen LogP contribution in [-0.4, -0.2) is 49.5 Å². The number of thiophene rings is 1. The fourth-order valence-electron chi connectivity index (χ4n) is 5.73. The van der Waals surface area contributed by atoms with Crippen LogP contribution in [-0.2, 0) is 0 Å². The zero-order valence-electron chi connectivity index (χ0n) is 21.1. The van der Waals surface area contributed by atoms with E-state index in [1.807, 2.05) is 19.2 Å². The van der Waals surface area contributed by atoms with Gasteiger partial charge in [0.05, 0.1) is 11.1 Å². The quantitative estimate of drug-likeness (QED) is 0.340. The monoisotopic (exact) mass is 505 g/mol. The first-order valence-electron chi connectivity index (χ1n) is 12.9. The smallest absolute Gasteiger partial charge is 0.229 e. The van der Waals surface area contributed by atoms with E-state index in [1.165, 1.54) is 37.4 Å². The molecule has 1 aliphatic heterocycles. The molecule has 4 aromatic rings. The molecule has 2 fully saturated rings. The number of piperidine rings is 1. The predicted octanol–water partition coefficient (Wildman–Crippen LogP) is 6.37. The first-order valence-corrected chi connectivity index (χ1v) is 13.7. The van der Waals surface area contributed by atoms with Crippen LogP contribution in [0.1, 0.15) is 67.4 Å². The lowest BCUT2D eigenvalue weighted by atomic mass is 9.91. The number of fused-ring (bicyclic) bond motifs is 1. The lowest BCUT2D eigenvalue weighted by molar-refractivity contribution is 0.255. The Morgan fingerprint density at radius 2 is 1.78 bits per heavy atom. The van der Waals surface area contributed by atoms with Crippen molar-refractivity contribution in [2.24, 2.45) is 0 Å². The third-order valence-electron chi connectivity index (χ3n) is 7.80. The number of hydrogen-bond acceptors (Lipinski definition) is 7. The Kier molecular flexibility index (Phi) is 6.21. The molecule has 0 radical (unpaired) electrons. The van der Waals surface area contributed by atoms with Crippen LogP contribution < -0.4 is 5.32 Å². The van der Waals surface area contributed by atoms with Gasteiger partial charge in [-0.3, -0.25) is 0 Å². The maximum absolute atomic E-state index is 15.0. The van der Waals surface area contributed by atoms with Gasteiger partial charge in [-0.25, -0.2) is 24.3 Å². The second-order valence-corrected chi connectivity index (χ2v) is 11.2. The molecule has 0 spiro atoms. The summed E-state index contributed by atoms with van der Waals surface area (Å²) in [6.45, 7) is 6.32. The van der Waals surface area contributed by atoms with E-state index in [1.54, 1.807) is 11.3 Å². The third kappa shape index (κ3) is 4.28. The molecular weight excluding hydrogens is 473 g/mol. The van der Waals surface area contributed by atoms with E-state index < -0.39 is 5.82 Å². The molecule has 0 aromatic carbocycles.